The van der Waals surface area contributed by atoms with Gasteiger partial charge in [0.05, 0.1) is 0 Å². The molecule has 1 aliphatic heterocycles. The standard InChI is InChI=1S/C9H15N3S/c1-7-6-13-9(12-7)5-11-4-8-2-10-3-8/h6,8,10-11H,2-5H2,1H3. The number of hydrogen-bond donors (Lipinski definition) is 2. The molecule has 0 atom stereocenters. The van der Waals surface area contributed by atoms with Crippen LogP contribution in [0.2, 0.25) is 0 Å². The summed E-state index contributed by atoms with van der Waals surface area (Å²) in [7, 11) is 0. The number of nitrogens with one attached hydrogen (secondary N) is 2. The average molecular weight is 197 g/mol. The third kappa shape index (κ3) is 2.49. The number of aromatic nitrogens is 1. The van der Waals surface area contributed by atoms with Crippen LogP contribution in [0, 0.1) is 12.8 Å². The Morgan fingerprint density at radius 2 is 2.54 bits per heavy atom. The first-order chi connectivity index (χ1) is 6.34. The SMILES string of the molecule is Cc1csc(CNCC2CNC2)n1. The van der Waals surface area contributed by atoms with Crippen molar-refractivity contribution in [2.45, 2.75) is 13.5 Å². The van der Waals surface area contributed by atoms with E-state index in [-0.39, 0.29) is 0 Å². The molecule has 1 aromatic heterocycles. The van der Waals surface area contributed by atoms with Crippen LogP contribution in [0.1, 0.15) is 10.7 Å². The minimum Gasteiger partial charge on any atom is -0.316 e. The molecule has 0 unspecified atom stereocenters. The first kappa shape index (κ1) is 9.12. The highest BCUT2D eigenvalue weighted by molar-refractivity contribution is 7.09. The summed E-state index contributed by atoms with van der Waals surface area (Å²) in [5, 5.41) is 9.98. The lowest BCUT2D eigenvalue weighted by molar-refractivity contribution is 0.331. The summed E-state index contributed by atoms with van der Waals surface area (Å²) in [6, 6.07) is 0. The Kier molecular flexibility index (Phi) is 2.93. The molecule has 2 N–H and O–H groups in total. The fourth-order valence-corrected chi connectivity index (χ4v) is 2.10. The Balaban J connectivity index is 1.67. The number of aryl methyl sites for hydroxylation is 1. The molecule has 1 fully saturated rings. The van der Waals surface area contributed by atoms with Gasteiger partial charge >= 0.3 is 0 Å². The maximum Gasteiger partial charge on any atom is 0.107 e. The summed E-state index contributed by atoms with van der Waals surface area (Å²) in [4.78, 5) is 4.39. The van der Waals surface area contributed by atoms with E-state index in [9.17, 15) is 0 Å². The molecule has 1 aliphatic rings. The second kappa shape index (κ2) is 4.17. The molecule has 4 heteroatoms. The third-order valence-corrected chi connectivity index (χ3v) is 3.21. The average Bonchev–Trinajstić information content (AvgIpc) is 2.42. The van der Waals surface area contributed by atoms with Crippen LogP contribution < -0.4 is 10.6 Å². The highest BCUT2D eigenvalue weighted by Crippen LogP contribution is 2.08. The summed E-state index contributed by atoms with van der Waals surface area (Å²) in [5.74, 6) is 0.834. The molecule has 2 heterocycles. The van der Waals surface area contributed by atoms with E-state index in [1.165, 1.54) is 18.1 Å². The Labute approximate surface area is 82.6 Å². The van der Waals surface area contributed by atoms with Crippen LogP contribution in [-0.4, -0.2) is 24.6 Å². The smallest absolute Gasteiger partial charge is 0.107 e. The summed E-state index contributed by atoms with van der Waals surface area (Å²) in [6.45, 7) is 6.42. The van der Waals surface area contributed by atoms with Crippen molar-refractivity contribution < 1.29 is 0 Å². The van der Waals surface area contributed by atoms with E-state index in [0.717, 1.165) is 24.7 Å². The van der Waals surface area contributed by atoms with Crippen LogP contribution in [0.4, 0.5) is 0 Å². The lowest BCUT2D eigenvalue weighted by Gasteiger charge is -2.26. The minimum atomic E-state index is 0.834. The van der Waals surface area contributed by atoms with Crippen molar-refractivity contribution in [2.24, 2.45) is 5.92 Å². The van der Waals surface area contributed by atoms with Crippen LogP contribution in [-0.2, 0) is 6.54 Å². The molecular weight excluding hydrogens is 182 g/mol. The van der Waals surface area contributed by atoms with Gasteiger partial charge in [-0.3, -0.25) is 0 Å². The molecule has 1 aromatic rings. The molecule has 1 saturated heterocycles. The number of thiazole rings is 1. The highest BCUT2D eigenvalue weighted by atomic mass is 32.1. The van der Waals surface area contributed by atoms with Gasteiger partial charge in [-0.1, -0.05) is 0 Å². The van der Waals surface area contributed by atoms with Crippen molar-refractivity contribution in [1.82, 2.24) is 15.6 Å². The zero-order chi connectivity index (χ0) is 9.10. The number of rotatable bonds is 4. The van der Waals surface area contributed by atoms with Gasteiger partial charge in [-0.25, -0.2) is 4.98 Å². The van der Waals surface area contributed by atoms with Gasteiger partial charge in [0.1, 0.15) is 5.01 Å². The summed E-state index contributed by atoms with van der Waals surface area (Å²) < 4.78 is 0. The van der Waals surface area contributed by atoms with E-state index in [4.69, 9.17) is 0 Å². The predicted molar refractivity (Wildman–Crippen MR) is 54.9 cm³/mol. The van der Waals surface area contributed by atoms with Crippen LogP contribution in [0.25, 0.3) is 0 Å². The number of nitrogens with zero attached hydrogens (tertiary/aromatic N) is 1. The monoisotopic (exact) mass is 197 g/mol. The molecule has 0 aliphatic carbocycles. The molecule has 0 bridgehead atoms. The Hall–Kier alpha value is -0.450. The zero-order valence-electron chi connectivity index (χ0n) is 7.84. The topological polar surface area (TPSA) is 37.0 Å². The Bertz CT molecular complexity index is 268. The largest absolute Gasteiger partial charge is 0.316 e. The van der Waals surface area contributed by atoms with E-state index < -0.39 is 0 Å². The fraction of sp³-hybridized carbons (Fsp3) is 0.667. The lowest BCUT2D eigenvalue weighted by atomic mass is 10.0. The van der Waals surface area contributed by atoms with Gasteiger partial charge in [0.15, 0.2) is 0 Å². The molecule has 0 radical (unpaired) electrons. The molecule has 3 nitrogen and oxygen atoms in total. The van der Waals surface area contributed by atoms with E-state index in [0.29, 0.717) is 0 Å². The molecule has 0 aromatic carbocycles. The number of hydrogen-bond acceptors (Lipinski definition) is 4. The van der Waals surface area contributed by atoms with Gasteiger partial charge < -0.3 is 10.6 Å². The highest BCUT2D eigenvalue weighted by Gasteiger charge is 2.15. The lowest BCUT2D eigenvalue weighted by Crippen LogP contribution is -2.47. The van der Waals surface area contributed by atoms with E-state index in [1.807, 2.05) is 6.92 Å². The van der Waals surface area contributed by atoms with Crippen molar-refractivity contribution in [1.29, 1.82) is 0 Å². The van der Waals surface area contributed by atoms with Gasteiger partial charge in [-0.05, 0) is 12.8 Å². The van der Waals surface area contributed by atoms with Gasteiger partial charge in [-0.15, -0.1) is 11.3 Å². The van der Waals surface area contributed by atoms with Crippen LogP contribution in [0.5, 0.6) is 0 Å². The van der Waals surface area contributed by atoms with E-state index in [2.05, 4.69) is 21.0 Å². The van der Waals surface area contributed by atoms with Crippen LogP contribution >= 0.6 is 11.3 Å². The van der Waals surface area contributed by atoms with Crippen molar-refractivity contribution in [3.05, 3.63) is 16.1 Å². The van der Waals surface area contributed by atoms with Gasteiger partial charge in [0.2, 0.25) is 0 Å². The molecule has 0 saturated carbocycles. The summed E-state index contributed by atoms with van der Waals surface area (Å²) >= 11 is 1.74. The van der Waals surface area contributed by atoms with Crippen molar-refractivity contribution in [3.63, 3.8) is 0 Å². The van der Waals surface area contributed by atoms with Crippen molar-refractivity contribution in [2.75, 3.05) is 19.6 Å². The minimum absolute atomic E-state index is 0.834. The van der Waals surface area contributed by atoms with Crippen molar-refractivity contribution in [3.8, 4) is 0 Å². The zero-order valence-corrected chi connectivity index (χ0v) is 8.66. The predicted octanol–water partition coefficient (Wildman–Crippen LogP) is 0.761. The van der Waals surface area contributed by atoms with Gasteiger partial charge in [-0.2, -0.15) is 0 Å². The quantitative estimate of drug-likeness (QED) is 0.748. The fourth-order valence-electron chi connectivity index (χ4n) is 1.36. The van der Waals surface area contributed by atoms with E-state index >= 15 is 0 Å². The normalized spacial score (nSPS) is 17.3. The molecule has 0 amide bonds. The van der Waals surface area contributed by atoms with Gasteiger partial charge in [0, 0.05) is 37.3 Å². The maximum atomic E-state index is 4.39. The molecule has 2 rings (SSSR count). The summed E-state index contributed by atoms with van der Waals surface area (Å²) in [6.07, 6.45) is 0. The first-order valence-corrected chi connectivity index (χ1v) is 5.55. The van der Waals surface area contributed by atoms with Crippen LogP contribution in [0.3, 0.4) is 0 Å². The third-order valence-electron chi connectivity index (χ3n) is 2.24. The first-order valence-electron chi connectivity index (χ1n) is 4.67. The molecule has 13 heavy (non-hydrogen) atoms. The van der Waals surface area contributed by atoms with E-state index in [1.54, 1.807) is 11.3 Å². The Morgan fingerprint density at radius 3 is 3.08 bits per heavy atom. The second-order valence-corrected chi connectivity index (χ2v) is 4.48. The summed E-state index contributed by atoms with van der Waals surface area (Å²) in [5.41, 5.74) is 1.13. The molecule has 0 spiro atoms. The van der Waals surface area contributed by atoms with Crippen LogP contribution in [0.15, 0.2) is 5.38 Å². The van der Waals surface area contributed by atoms with Crippen molar-refractivity contribution >= 4 is 11.3 Å². The van der Waals surface area contributed by atoms with Gasteiger partial charge in [0.25, 0.3) is 0 Å². The molecular formula is C9H15N3S. The Morgan fingerprint density at radius 1 is 1.69 bits per heavy atom. The molecule has 72 valence electrons. The maximum absolute atomic E-state index is 4.39. The second-order valence-electron chi connectivity index (χ2n) is 3.54.